The lowest BCUT2D eigenvalue weighted by Gasteiger charge is -2.33. The van der Waals surface area contributed by atoms with E-state index in [9.17, 15) is 0 Å². The van der Waals surface area contributed by atoms with Crippen LogP contribution < -0.4 is 4.74 Å². The normalized spacial score (nSPS) is 24.2. The van der Waals surface area contributed by atoms with Crippen LogP contribution in [0.5, 0.6) is 5.88 Å². The van der Waals surface area contributed by atoms with Crippen LogP contribution in [0.15, 0.2) is 18.3 Å². The Kier molecular flexibility index (Phi) is 3.38. The number of aromatic nitrogens is 1. The fourth-order valence-electron chi connectivity index (χ4n) is 1.87. The molecule has 0 radical (unpaired) electrons. The predicted octanol–water partition coefficient (Wildman–Crippen LogP) is 2.94. The summed E-state index contributed by atoms with van der Waals surface area (Å²) in [5.41, 5.74) is 1.37. The first-order valence-corrected chi connectivity index (χ1v) is 6.15. The highest BCUT2D eigenvalue weighted by molar-refractivity contribution is 5.23. The summed E-state index contributed by atoms with van der Waals surface area (Å²) in [6.45, 7) is 6.54. The molecular formula is C14H21NO2. The van der Waals surface area contributed by atoms with Gasteiger partial charge in [0.05, 0.1) is 6.10 Å². The topological polar surface area (TPSA) is 31.4 Å². The lowest BCUT2D eigenvalue weighted by Crippen LogP contribution is -2.39. The SMILES string of the molecule is COC1CC(Oc2ccc(C(C)(C)C)cn2)C1. The molecule has 1 heterocycles. The van der Waals surface area contributed by atoms with Crippen molar-refractivity contribution < 1.29 is 9.47 Å². The van der Waals surface area contributed by atoms with Crippen molar-refractivity contribution in [2.24, 2.45) is 0 Å². The van der Waals surface area contributed by atoms with Gasteiger partial charge in [-0.05, 0) is 11.0 Å². The van der Waals surface area contributed by atoms with E-state index in [0.717, 1.165) is 18.7 Å². The van der Waals surface area contributed by atoms with E-state index in [-0.39, 0.29) is 11.5 Å². The summed E-state index contributed by atoms with van der Waals surface area (Å²) in [6.07, 6.45) is 4.49. The number of hydrogen-bond acceptors (Lipinski definition) is 3. The molecule has 3 nitrogen and oxygen atoms in total. The van der Waals surface area contributed by atoms with Crippen LogP contribution in [0, 0.1) is 0 Å². The van der Waals surface area contributed by atoms with Crippen LogP contribution in [0.3, 0.4) is 0 Å². The van der Waals surface area contributed by atoms with Gasteiger partial charge in [-0.1, -0.05) is 26.8 Å². The zero-order valence-corrected chi connectivity index (χ0v) is 11.1. The monoisotopic (exact) mass is 235 g/mol. The molecule has 1 saturated carbocycles. The lowest BCUT2D eigenvalue weighted by atomic mass is 9.88. The first-order chi connectivity index (χ1) is 7.99. The molecule has 0 saturated heterocycles. The van der Waals surface area contributed by atoms with E-state index in [1.165, 1.54) is 5.56 Å². The molecule has 2 rings (SSSR count). The summed E-state index contributed by atoms with van der Waals surface area (Å²) in [5, 5.41) is 0. The summed E-state index contributed by atoms with van der Waals surface area (Å²) in [5.74, 6) is 0.720. The largest absolute Gasteiger partial charge is 0.474 e. The van der Waals surface area contributed by atoms with Crippen LogP contribution in [0.4, 0.5) is 0 Å². The molecule has 0 spiro atoms. The second kappa shape index (κ2) is 4.65. The minimum Gasteiger partial charge on any atom is -0.474 e. The Morgan fingerprint density at radius 1 is 1.18 bits per heavy atom. The molecule has 1 aromatic heterocycles. The maximum atomic E-state index is 5.76. The van der Waals surface area contributed by atoms with E-state index >= 15 is 0 Å². The van der Waals surface area contributed by atoms with Crippen LogP contribution in [0.1, 0.15) is 39.2 Å². The quantitative estimate of drug-likeness (QED) is 0.807. The molecule has 0 aromatic carbocycles. The predicted molar refractivity (Wildman–Crippen MR) is 67.4 cm³/mol. The van der Waals surface area contributed by atoms with Gasteiger partial charge in [0, 0.05) is 32.2 Å². The number of pyridine rings is 1. The average Bonchev–Trinajstić information content (AvgIpc) is 2.22. The summed E-state index contributed by atoms with van der Waals surface area (Å²) in [6, 6.07) is 4.05. The minimum absolute atomic E-state index is 0.142. The molecule has 17 heavy (non-hydrogen) atoms. The van der Waals surface area contributed by atoms with Gasteiger partial charge in [-0.3, -0.25) is 0 Å². The standard InChI is InChI=1S/C14H21NO2/c1-14(2,3)10-5-6-13(15-9-10)17-12-7-11(8-12)16-4/h5-6,9,11-12H,7-8H2,1-4H3. The van der Waals surface area contributed by atoms with Gasteiger partial charge in [-0.2, -0.15) is 0 Å². The molecule has 0 amide bonds. The molecule has 0 unspecified atom stereocenters. The molecule has 0 atom stereocenters. The third-order valence-corrected chi connectivity index (χ3v) is 3.27. The maximum absolute atomic E-state index is 5.76. The highest BCUT2D eigenvalue weighted by atomic mass is 16.5. The zero-order chi connectivity index (χ0) is 12.5. The summed E-state index contributed by atoms with van der Waals surface area (Å²) in [4.78, 5) is 4.35. The average molecular weight is 235 g/mol. The molecule has 1 aromatic rings. The Balaban J connectivity index is 1.91. The molecule has 3 heteroatoms. The van der Waals surface area contributed by atoms with E-state index in [2.05, 4.69) is 31.8 Å². The van der Waals surface area contributed by atoms with Crippen molar-refractivity contribution in [3.05, 3.63) is 23.9 Å². The van der Waals surface area contributed by atoms with Gasteiger partial charge in [0.15, 0.2) is 0 Å². The van der Waals surface area contributed by atoms with Crippen LogP contribution >= 0.6 is 0 Å². The van der Waals surface area contributed by atoms with E-state index in [0.29, 0.717) is 6.10 Å². The van der Waals surface area contributed by atoms with Crippen molar-refractivity contribution in [3.63, 3.8) is 0 Å². The Hall–Kier alpha value is -1.09. The molecule has 1 aliphatic carbocycles. The molecule has 94 valence electrons. The number of ether oxygens (including phenoxy) is 2. The van der Waals surface area contributed by atoms with Crippen LogP contribution in [-0.2, 0) is 10.2 Å². The Morgan fingerprint density at radius 2 is 1.88 bits per heavy atom. The molecule has 0 aliphatic heterocycles. The summed E-state index contributed by atoms with van der Waals surface area (Å²) in [7, 11) is 1.75. The van der Waals surface area contributed by atoms with Crippen molar-refractivity contribution in [2.75, 3.05) is 7.11 Å². The van der Waals surface area contributed by atoms with Crippen molar-refractivity contribution >= 4 is 0 Å². The number of rotatable bonds is 3. The van der Waals surface area contributed by atoms with E-state index in [1.54, 1.807) is 7.11 Å². The number of nitrogens with zero attached hydrogens (tertiary/aromatic N) is 1. The highest BCUT2D eigenvalue weighted by Gasteiger charge is 2.31. The third-order valence-electron chi connectivity index (χ3n) is 3.27. The van der Waals surface area contributed by atoms with E-state index in [1.807, 2.05) is 12.3 Å². The molecule has 0 bridgehead atoms. The van der Waals surface area contributed by atoms with Crippen LogP contribution in [0.25, 0.3) is 0 Å². The van der Waals surface area contributed by atoms with Crippen molar-refractivity contribution in [2.45, 2.75) is 51.2 Å². The summed E-state index contributed by atoms with van der Waals surface area (Å²) < 4.78 is 11.0. The highest BCUT2D eigenvalue weighted by Crippen LogP contribution is 2.28. The van der Waals surface area contributed by atoms with Crippen molar-refractivity contribution in [1.82, 2.24) is 4.98 Å². The molecule has 1 aliphatic rings. The molecule has 1 fully saturated rings. The van der Waals surface area contributed by atoms with Crippen LogP contribution in [0.2, 0.25) is 0 Å². The molecular weight excluding hydrogens is 214 g/mol. The zero-order valence-electron chi connectivity index (χ0n) is 11.1. The fourth-order valence-corrected chi connectivity index (χ4v) is 1.87. The lowest BCUT2D eigenvalue weighted by molar-refractivity contribution is -0.0396. The summed E-state index contributed by atoms with van der Waals surface area (Å²) >= 11 is 0. The Bertz CT molecular complexity index is 361. The van der Waals surface area contributed by atoms with Gasteiger partial charge in [0.1, 0.15) is 6.10 Å². The van der Waals surface area contributed by atoms with E-state index in [4.69, 9.17) is 9.47 Å². The fraction of sp³-hybridized carbons (Fsp3) is 0.643. The third kappa shape index (κ3) is 2.97. The number of methoxy groups -OCH3 is 1. The van der Waals surface area contributed by atoms with Gasteiger partial charge < -0.3 is 9.47 Å². The smallest absolute Gasteiger partial charge is 0.213 e. The first-order valence-electron chi connectivity index (χ1n) is 6.15. The first kappa shape index (κ1) is 12.4. The van der Waals surface area contributed by atoms with Gasteiger partial charge in [0.25, 0.3) is 0 Å². The minimum atomic E-state index is 0.142. The second-order valence-corrected chi connectivity index (χ2v) is 5.70. The number of hydrogen-bond donors (Lipinski definition) is 0. The van der Waals surface area contributed by atoms with E-state index < -0.39 is 0 Å². The van der Waals surface area contributed by atoms with Crippen LogP contribution in [-0.4, -0.2) is 24.3 Å². The molecule has 0 N–H and O–H groups in total. The van der Waals surface area contributed by atoms with Gasteiger partial charge >= 0.3 is 0 Å². The van der Waals surface area contributed by atoms with Gasteiger partial charge in [-0.25, -0.2) is 4.98 Å². The van der Waals surface area contributed by atoms with Gasteiger partial charge in [-0.15, -0.1) is 0 Å². The Morgan fingerprint density at radius 3 is 2.35 bits per heavy atom. The maximum Gasteiger partial charge on any atom is 0.213 e. The van der Waals surface area contributed by atoms with Crippen molar-refractivity contribution in [1.29, 1.82) is 0 Å². The van der Waals surface area contributed by atoms with Gasteiger partial charge in [0.2, 0.25) is 5.88 Å². The second-order valence-electron chi connectivity index (χ2n) is 5.70. The van der Waals surface area contributed by atoms with Crippen molar-refractivity contribution in [3.8, 4) is 5.88 Å². The Labute approximate surface area is 103 Å².